The Balaban J connectivity index is 2.10. The summed E-state index contributed by atoms with van der Waals surface area (Å²) in [6.45, 7) is 4.38. The maximum atomic E-state index is 6.21. The SMILES string of the molecule is CCC(C)c1ccc2oc(-c3cc(N)ccc3Cl)nc2c1. The number of hydrogen-bond acceptors (Lipinski definition) is 3. The summed E-state index contributed by atoms with van der Waals surface area (Å²) in [5, 5.41) is 0.581. The smallest absolute Gasteiger partial charge is 0.228 e. The highest BCUT2D eigenvalue weighted by molar-refractivity contribution is 6.33. The number of nitrogen functional groups attached to an aromatic ring is 1. The van der Waals surface area contributed by atoms with Crippen LogP contribution in [-0.4, -0.2) is 4.98 Å². The third kappa shape index (κ3) is 2.61. The van der Waals surface area contributed by atoms with Crippen molar-refractivity contribution in [1.29, 1.82) is 0 Å². The molecule has 0 saturated carbocycles. The average molecular weight is 301 g/mol. The minimum Gasteiger partial charge on any atom is -0.436 e. The molecule has 0 aliphatic carbocycles. The van der Waals surface area contributed by atoms with Gasteiger partial charge in [0.1, 0.15) is 5.52 Å². The maximum Gasteiger partial charge on any atom is 0.228 e. The topological polar surface area (TPSA) is 52.0 Å². The Morgan fingerprint density at radius 3 is 2.81 bits per heavy atom. The number of rotatable bonds is 3. The maximum absolute atomic E-state index is 6.21. The molecule has 1 aromatic heterocycles. The molecule has 21 heavy (non-hydrogen) atoms. The first-order valence-corrected chi connectivity index (χ1v) is 7.42. The summed E-state index contributed by atoms with van der Waals surface area (Å²) in [6, 6.07) is 11.4. The van der Waals surface area contributed by atoms with Gasteiger partial charge in [0.15, 0.2) is 5.58 Å². The Morgan fingerprint density at radius 2 is 2.05 bits per heavy atom. The molecule has 3 rings (SSSR count). The fourth-order valence-electron chi connectivity index (χ4n) is 2.31. The second-order valence-electron chi connectivity index (χ2n) is 5.29. The van der Waals surface area contributed by atoms with Crippen LogP contribution in [0.2, 0.25) is 5.02 Å². The van der Waals surface area contributed by atoms with Crippen molar-refractivity contribution in [3.63, 3.8) is 0 Å². The molecule has 0 bridgehead atoms. The molecule has 2 N–H and O–H groups in total. The zero-order valence-electron chi connectivity index (χ0n) is 12.1. The summed E-state index contributed by atoms with van der Waals surface area (Å²) < 4.78 is 5.81. The van der Waals surface area contributed by atoms with Crippen LogP contribution < -0.4 is 5.73 Å². The van der Waals surface area contributed by atoms with E-state index in [2.05, 4.69) is 31.0 Å². The number of oxazole rings is 1. The Morgan fingerprint density at radius 1 is 1.24 bits per heavy atom. The molecule has 0 aliphatic heterocycles. The van der Waals surface area contributed by atoms with Gasteiger partial charge in [-0.25, -0.2) is 4.98 Å². The zero-order chi connectivity index (χ0) is 15.0. The monoisotopic (exact) mass is 300 g/mol. The predicted octanol–water partition coefficient (Wildman–Crippen LogP) is 5.24. The van der Waals surface area contributed by atoms with Crippen molar-refractivity contribution in [2.24, 2.45) is 0 Å². The van der Waals surface area contributed by atoms with E-state index < -0.39 is 0 Å². The standard InChI is InChI=1S/C17H17ClN2O/c1-3-10(2)11-4-7-16-15(8-11)20-17(21-16)13-9-12(19)5-6-14(13)18/h4-10H,3,19H2,1-2H3. The van der Waals surface area contributed by atoms with Crippen LogP contribution in [-0.2, 0) is 0 Å². The van der Waals surface area contributed by atoms with Crippen LogP contribution >= 0.6 is 11.6 Å². The summed E-state index contributed by atoms with van der Waals surface area (Å²) in [5.74, 6) is 1.01. The van der Waals surface area contributed by atoms with Crippen molar-refractivity contribution in [3.8, 4) is 11.5 Å². The van der Waals surface area contributed by atoms with Crippen molar-refractivity contribution in [2.75, 3.05) is 5.73 Å². The highest BCUT2D eigenvalue weighted by atomic mass is 35.5. The first-order valence-electron chi connectivity index (χ1n) is 7.04. The van der Waals surface area contributed by atoms with Crippen LogP contribution in [0.5, 0.6) is 0 Å². The normalized spacial score (nSPS) is 12.7. The van der Waals surface area contributed by atoms with Gasteiger partial charge in [0.05, 0.1) is 10.6 Å². The number of halogens is 1. The molecule has 0 fully saturated rings. The van der Waals surface area contributed by atoms with Crippen LogP contribution in [0, 0.1) is 0 Å². The molecule has 0 radical (unpaired) electrons. The molecule has 1 atom stereocenters. The van der Waals surface area contributed by atoms with Gasteiger partial charge >= 0.3 is 0 Å². The lowest BCUT2D eigenvalue weighted by molar-refractivity contribution is 0.619. The minimum atomic E-state index is 0.503. The van der Waals surface area contributed by atoms with E-state index in [1.54, 1.807) is 18.2 Å². The first-order chi connectivity index (χ1) is 10.1. The molecule has 4 heteroatoms. The number of anilines is 1. The summed E-state index contributed by atoms with van der Waals surface area (Å²) in [4.78, 5) is 4.56. The lowest BCUT2D eigenvalue weighted by atomic mass is 9.98. The number of aromatic nitrogens is 1. The van der Waals surface area contributed by atoms with E-state index in [-0.39, 0.29) is 0 Å². The van der Waals surface area contributed by atoms with E-state index in [4.69, 9.17) is 21.8 Å². The molecule has 0 aliphatic rings. The van der Waals surface area contributed by atoms with Gasteiger partial charge in [0.25, 0.3) is 0 Å². The number of nitrogens with two attached hydrogens (primary N) is 1. The predicted molar refractivity (Wildman–Crippen MR) is 87.6 cm³/mol. The Bertz CT molecular complexity index is 795. The van der Waals surface area contributed by atoms with Crippen molar-refractivity contribution >= 4 is 28.4 Å². The van der Waals surface area contributed by atoms with Gasteiger partial charge in [0.2, 0.25) is 5.89 Å². The molecular weight excluding hydrogens is 284 g/mol. The number of fused-ring (bicyclic) bond motifs is 1. The van der Waals surface area contributed by atoms with E-state index in [1.165, 1.54) is 5.56 Å². The van der Waals surface area contributed by atoms with Crippen LogP contribution in [0.3, 0.4) is 0 Å². The molecule has 3 aromatic rings. The second kappa shape index (κ2) is 5.41. The largest absolute Gasteiger partial charge is 0.436 e. The molecule has 2 aromatic carbocycles. The summed E-state index contributed by atoms with van der Waals surface area (Å²) in [7, 11) is 0. The van der Waals surface area contributed by atoms with Crippen LogP contribution in [0.25, 0.3) is 22.6 Å². The van der Waals surface area contributed by atoms with E-state index in [0.29, 0.717) is 22.5 Å². The zero-order valence-corrected chi connectivity index (χ0v) is 12.8. The Labute approximate surface area is 128 Å². The molecule has 0 saturated heterocycles. The third-order valence-electron chi connectivity index (χ3n) is 3.81. The lowest BCUT2D eigenvalue weighted by Crippen LogP contribution is -1.90. The second-order valence-corrected chi connectivity index (χ2v) is 5.70. The van der Waals surface area contributed by atoms with Crippen LogP contribution in [0.1, 0.15) is 31.7 Å². The van der Waals surface area contributed by atoms with Crippen molar-refractivity contribution < 1.29 is 4.42 Å². The summed E-state index contributed by atoms with van der Waals surface area (Å²) in [5.41, 5.74) is 10.0. The first kappa shape index (κ1) is 14.0. The van der Waals surface area contributed by atoms with Crippen molar-refractivity contribution in [3.05, 3.63) is 47.0 Å². The van der Waals surface area contributed by atoms with E-state index in [1.807, 2.05) is 6.07 Å². The van der Waals surface area contributed by atoms with Gasteiger partial charge in [0, 0.05) is 5.69 Å². The highest BCUT2D eigenvalue weighted by Crippen LogP contribution is 2.32. The molecule has 0 amide bonds. The Hall–Kier alpha value is -2.00. The lowest BCUT2D eigenvalue weighted by Gasteiger charge is -2.07. The van der Waals surface area contributed by atoms with Gasteiger partial charge in [-0.15, -0.1) is 0 Å². The quantitative estimate of drug-likeness (QED) is 0.673. The Kier molecular flexibility index (Phi) is 3.60. The third-order valence-corrected chi connectivity index (χ3v) is 4.14. The number of hydrogen-bond donors (Lipinski definition) is 1. The molecule has 1 heterocycles. The summed E-state index contributed by atoms with van der Waals surface area (Å²) in [6.07, 6.45) is 1.09. The van der Waals surface area contributed by atoms with E-state index >= 15 is 0 Å². The van der Waals surface area contributed by atoms with E-state index in [9.17, 15) is 0 Å². The van der Waals surface area contributed by atoms with Crippen LogP contribution in [0.15, 0.2) is 40.8 Å². The highest BCUT2D eigenvalue weighted by Gasteiger charge is 2.13. The van der Waals surface area contributed by atoms with Gasteiger partial charge in [-0.2, -0.15) is 0 Å². The molecular formula is C17H17ClN2O. The average Bonchev–Trinajstić information content (AvgIpc) is 2.91. The van der Waals surface area contributed by atoms with Gasteiger partial charge in [-0.05, 0) is 48.2 Å². The molecule has 3 nitrogen and oxygen atoms in total. The van der Waals surface area contributed by atoms with Crippen LogP contribution in [0.4, 0.5) is 5.69 Å². The number of benzene rings is 2. The minimum absolute atomic E-state index is 0.503. The number of nitrogens with zero attached hydrogens (tertiary/aromatic N) is 1. The summed E-state index contributed by atoms with van der Waals surface area (Å²) >= 11 is 6.21. The molecule has 0 spiro atoms. The van der Waals surface area contributed by atoms with E-state index in [0.717, 1.165) is 23.1 Å². The van der Waals surface area contributed by atoms with Gasteiger partial charge in [-0.1, -0.05) is 31.5 Å². The van der Waals surface area contributed by atoms with Crippen molar-refractivity contribution in [1.82, 2.24) is 4.98 Å². The van der Waals surface area contributed by atoms with Gasteiger partial charge in [-0.3, -0.25) is 0 Å². The fraction of sp³-hybridized carbons (Fsp3) is 0.235. The molecule has 1 unspecified atom stereocenters. The van der Waals surface area contributed by atoms with Crippen molar-refractivity contribution in [2.45, 2.75) is 26.2 Å². The van der Waals surface area contributed by atoms with Gasteiger partial charge < -0.3 is 10.2 Å². The fourth-order valence-corrected chi connectivity index (χ4v) is 2.51. The molecule has 108 valence electrons.